The number of benzene rings is 1. The largest absolute Gasteiger partial charge is 0.444 e. The molecular weight excluding hydrogens is 694 g/mol. The molecule has 6 aliphatic rings. The van der Waals surface area contributed by atoms with E-state index in [1.165, 1.54) is 4.90 Å². The Labute approximate surface area is 303 Å². The predicted octanol–water partition coefficient (Wildman–Crippen LogP) is 2.04. The van der Waals surface area contributed by atoms with Gasteiger partial charge in [0.25, 0.3) is 5.91 Å². The van der Waals surface area contributed by atoms with Gasteiger partial charge in [-0.3, -0.25) is 19.1 Å². The number of rotatable bonds is 6. The average Bonchev–Trinajstić information content (AvgIpc) is 4.00. The third-order valence-corrected chi connectivity index (χ3v) is 12.8. The monoisotopic (exact) mass is 741 g/mol. The van der Waals surface area contributed by atoms with E-state index in [1.54, 1.807) is 4.90 Å². The highest BCUT2D eigenvalue weighted by Gasteiger charge is 2.62. The Kier molecular flexibility index (Phi) is 10.5. The van der Waals surface area contributed by atoms with Gasteiger partial charge in [-0.2, -0.15) is 0 Å². The molecule has 15 nitrogen and oxygen atoms in total. The van der Waals surface area contributed by atoms with E-state index in [2.05, 4.69) is 15.4 Å². The summed E-state index contributed by atoms with van der Waals surface area (Å²) in [4.78, 5) is 71.5. The van der Waals surface area contributed by atoms with E-state index in [-0.39, 0.29) is 32.4 Å². The molecule has 2 saturated heterocycles. The normalized spacial score (nSPS) is 30.8. The van der Waals surface area contributed by atoms with Crippen LogP contribution in [0, 0.1) is 5.92 Å². The molecule has 7 rings (SSSR count). The van der Waals surface area contributed by atoms with Gasteiger partial charge in [0, 0.05) is 31.8 Å². The highest BCUT2D eigenvalue weighted by molar-refractivity contribution is 7.91. The van der Waals surface area contributed by atoms with E-state index in [9.17, 15) is 32.4 Å². The molecule has 0 aromatic heterocycles. The lowest BCUT2D eigenvalue weighted by atomic mass is 10.0. The summed E-state index contributed by atoms with van der Waals surface area (Å²) in [7, 11) is -3.90. The molecular formula is C36H47N5O10S. The third-order valence-electron chi connectivity index (χ3n) is 11.0. The second kappa shape index (κ2) is 15.0. The van der Waals surface area contributed by atoms with Crippen molar-refractivity contribution in [3.63, 3.8) is 0 Å². The van der Waals surface area contributed by atoms with Crippen molar-refractivity contribution in [2.75, 3.05) is 26.3 Å². The Morgan fingerprint density at radius 2 is 1.79 bits per heavy atom. The van der Waals surface area contributed by atoms with Crippen LogP contribution in [0.15, 0.2) is 36.4 Å². The van der Waals surface area contributed by atoms with Gasteiger partial charge in [0.1, 0.15) is 29.8 Å². The van der Waals surface area contributed by atoms with Gasteiger partial charge in [0.05, 0.1) is 25.0 Å². The summed E-state index contributed by atoms with van der Waals surface area (Å²) in [5.74, 6) is -2.47. The van der Waals surface area contributed by atoms with Crippen LogP contribution in [0.2, 0.25) is 0 Å². The Morgan fingerprint density at radius 3 is 2.56 bits per heavy atom. The molecule has 4 fully saturated rings. The minimum absolute atomic E-state index is 0.0527. The maximum atomic E-state index is 14.4. The van der Waals surface area contributed by atoms with Crippen molar-refractivity contribution >= 4 is 39.9 Å². The molecule has 0 unspecified atom stereocenters. The molecule has 282 valence electrons. The fourth-order valence-corrected chi connectivity index (χ4v) is 9.01. The van der Waals surface area contributed by atoms with Crippen LogP contribution in [0.1, 0.15) is 75.3 Å². The molecule has 4 heterocycles. The average molecular weight is 742 g/mol. The van der Waals surface area contributed by atoms with Gasteiger partial charge >= 0.3 is 12.2 Å². The highest BCUT2D eigenvalue weighted by Crippen LogP contribution is 2.46. The lowest BCUT2D eigenvalue weighted by Crippen LogP contribution is -2.58. The van der Waals surface area contributed by atoms with Crippen LogP contribution in [-0.2, 0) is 51.6 Å². The van der Waals surface area contributed by atoms with Crippen molar-refractivity contribution in [1.29, 1.82) is 0 Å². The maximum absolute atomic E-state index is 14.4. The zero-order valence-electron chi connectivity index (χ0n) is 29.1. The van der Waals surface area contributed by atoms with E-state index in [4.69, 9.17) is 14.2 Å². The highest BCUT2D eigenvalue weighted by atomic mass is 32.2. The summed E-state index contributed by atoms with van der Waals surface area (Å²) < 4.78 is 44.5. The first-order valence-electron chi connectivity index (χ1n) is 18.4. The number of fused-ring (bicyclic) bond motifs is 3. The van der Waals surface area contributed by atoms with E-state index >= 15 is 0 Å². The predicted molar refractivity (Wildman–Crippen MR) is 185 cm³/mol. The lowest BCUT2D eigenvalue weighted by molar-refractivity contribution is -0.141. The van der Waals surface area contributed by atoms with Gasteiger partial charge in [-0.15, -0.1) is 0 Å². The van der Waals surface area contributed by atoms with E-state index < -0.39 is 80.9 Å². The smallest absolute Gasteiger partial charge is 0.410 e. The second-order valence-corrected chi connectivity index (χ2v) is 16.7. The van der Waals surface area contributed by atoms with Crippen molar-refractivity contribution in [2.24, 2.45) is 5.92 Å². The van der Waals surface area contributed by atoms with Crippen LogP contribution in [0.4, 0.5) is 9.59 Å². The first-order valence-corrected chi connectivity index (χ1v) is 20.0. The van der Waals surface area contributed by atoms with Crippen LogP contribution < -0.4 is 15.4 Å². The number of hydrogen-bond donors (Lipinski definition) is 3. The maximum Gasteiger partial charge on any atom is 0.410 e. The molecule has 1 aromatic rings. The molecule has 0 radical (unpaired) electrons. The Bertz CT molecular complexity index is 1710. The standard InChI is InChI=1S/C36H47N5O10S/c42-31-30-18-27(51-35(46)40-16-14-23-8-6-7-9-24(23)20-40)21-41(30)32(43)29(37-34(45)50-26-15-17-49-22-26)11-5-3-1-2-4-10-25-19-36(25,38-31)33(44)39-52(47,48)28-12-13-28/h4,6-10,25-30H,1-3,5,11-22H2,(H,37,45)(H,38,42)(H,39,44)/t25-,26+,27-,29+,30+,36-/m1/s1. The number of nitrogens with one attached hydrogen (secondary N) is 3. The number of hydrogen-bond acceptors (Lipinski definition) is 10. The summed E-state index contributed by atoms with van der Waals surface area (Å²) in [6.07, 6.45) is 6.52. The Balaban J connectivity index is 1.12. The summed E-state index contributed by atoms with van der Waals surface area (Å²) in [5.41, 5.74) is 0.657. The Hall–Kier alpha value is -4.18. The van der Waals surface area contributed by atoms with E-state index in [0.29, 0.717) is 58.2 Å². The molecule has 4 aliphatic heterocycles. The van der Waals surface area contributed by atoms with Crippen molar-refractivity contribution in [1.82, 2.24) is 25.2 Å². The quantitative estimate of drug-likeness (QED) is 0.364. The van der Waals surface area contributed by atoms with Crippen LogP contribution >= 0.6 is 0 Å². The molecule has 5 amide bonds. The van der Waals surface area contributed by atoms with Crippen LogP contribution in [0.3, 0.4) is 0 Å². The summed E-state index contributed by atoms with van der Waals surface area (Å²) in [6, 6.07) is 5.66. The summed E-state index contributed by atoms with van der Waals surface area (Å²) in [5, 5.41) is 4.91. The molecule has 1 aromatic carbocycles. The van der Waals surface area contributed by atoms with Crippen LogP contribution in [0.25, 0.3) is 0 Å². The second-order valence-electron chi connectivity index (χ2n) is 14.8. The minimum atomic E-state index is -3.90. The van der Waals surface area contributed by atoms with Crippen molar-refractivity contribution in [3.8, 4) is 0 Å². The number of allylic oxidation sites excluding steroid dienone is 1. The first-order chi connectivity index (χ1) is 25.0. The lowest BCUT2D eigenvalue weighted by Gasteiger charge is -2.30. The zero-order valence-corrected chi connectivity index (χ0v) is 29.9. The fourth-order valence-electron chi connectivity index (χ4n) is 7.65. The van der Waals surface area contributed by atoms with Gasteiger partial charge in [-0.05, 0) is 56.1 Å². The fraction of sp³-hybridized carbons (Fsp3) is 0.639. The molecule has 2 aliphatic carbocycles. The van der Waals surface area contributed by atoms with Crippen LogP contribution in [0.5, 0.6) is 0 Å². The minimum Gasteiger partial charge on any atom is -0.444 e. The number of nitrogens with zero attached hydrogens (tertiary/aromatic N) is 2. The number of sulfonamides is 1. The summed E-state index contributed by atoms with van der Waals surface area (Å²) >= 11 is 0. The molecule has 0 bridgehead atoms. The number of amides is 5. The van der Waals surface area contributed by atoms with Crippen LogP contribution in [-0.4, -0.2) is 110 Å². The van der Waals surface area contributed by atoms with E-state index in [0.717, 1.165) is 24.0 Å². The van der Waals surface area contributed by atoms with Gasteiger partial charge in [0.15, 0.2) is 0 Å². The Morgan fingerprint density at radius 1 is 0.981 bits per heavy atom. The molecule has 16 heteroatoms. The zero-order chi connectivity index (χ0) is 36.5. The SMILES string of the molecule is O=C(N[C@H]1CCCCCC=C[C@@H]2C[C@@]2(C(=O)NS(=O)(=O)C2CC2)NC(=O)[C@@H]2C[C@@H](OC(=O)N3CCc4ccccc4C3)CN2C1=O)O[C@H]1CCOC1. The van der Waals surface area contributed by atoms with Crippen molar-refractivity contribution < 1.29 is 46.6 Å². The number of ether oxygens (including phenoxy) is 3. The molecule has 6 atom stereocenters. The van der Waals surface area contributed by atoms with Gasteiger partial charge < -0.3 is 34.6 Å². The summed E-state index contributed by atoms with van der Waals surface area (Å²) in [6.45, 7) is 1.43. The molecule has 0 spiro atoms. The van der Waals surface area contributed by atoms with Crippen molar-refractivity contribution in [3.05, 3.63) is 47.5 Å². The van der Waals surface area contributed by atoms with Gasteiger partial charge in [-0.25, -0.2) is 18.0 Å². The third kappa shape index (κ3) is 8.07. The van der Waals surface area contributed by atoms with Gasteiger partial charge in [0.2, 0.25) is 21.8 Å². The van der Waals surface area contributed by atoms with Gasteiger partial charge in [-0.1, -0.05) is 49.3 Å². The number of alkyl carbamates (subject to hydrolysis) is 1. The molecule has 52 heavy (non-hydrogen) atoms. The van der Waals surface area contributed by atoms with E-state index in [1.807, 2.05) is 36.4 Å². The first kappa shape index (κ1) is 36.2. The number of carbonyl (C=O) groups is 5. The topological polar surface area (TPSA) is 190 Å². The van der Waals surface area contributed by atoms with Crippen molar-refractivity contribution in [2.45, 2.75) is 112 Å². The number of carbonyl (C=O) groups excluding carboxylic acids is 5. The molecule has 3 N–H and O–H groups in total. The molecule has 2 saturated carbocycles.